The molecule has 0 heterocycles. The maximum absolute atomic E-state index is 13.1. The van der Waals surface area contributed by atoms with Crippen LogP contribution in [0.1, 0.15) is 58.8 Å². The molecule has 5 rings (SSSR count). The van der Waals surface area contributed by atoms with Crippen molar-refractivity contribution in [3.8, 4) is 0 Å². The highest BCUT2D eigenvalue weighted by molar-refractivity contribution is 7.89. The summed E-state index contributed by atoms with van der Waals surface area (Å²) in [6.07, 6.45) is 7.55. The second-order valence-corrected chi connectivity index (χ2v) is 11.7. The van der Waals surface area contributed by atoms with Crippen LogP contribution >= 0.6 is 12.2 Å². The van der Waals surface area contributed by atoms with Gasteiger partial charge in [-0.3, -0.25) is 4.79 Å². The van der Waals surface area contributed by atoms with Gasteiger partial charge in [0.05, 0.1) is 10.3 Å². The number of benzene rings is 1. The number of carbonyl (C=O) groups is 1. The van der Waals surface area contributed by atoms with E-state index in [1.807, 2.05) is 13.8 Å². The molecule has 6 nitrogen and oxygen atoms in total. The number of rotatable bonds is 6. The molecule has 4 aliphatic rings. The topological polar surface area (TPSA) is 87.3 Å². The summed E-state index contributed by atoms with van der Waals surface area (Å²) >= 11 is 5.37. The summed E-state index contributed by atoms with van der Waals surface area (Å²) < 4.78 is 27.4. The number of sulfonamides is 1. The van der Waals surface area contributed by atoms with Crippen molar-refractivity contribution in [2.75, 3.05) is 5.32 Å². The molecule has 30 heavy (non-hydrogen) atoms. The van der Waals surface area contributed by atoms with Crippen molar-refractivity contribution < 1.29 is 13.2 Å². The predicted octanol–water partition coefficient (Wildman–Crippen LogP) is 3.79. The molecule has 4 aliphatic carbocycles. The van der Waals surface area contributed by atoms with Crippen LogP contribution in [0.2, 0.25) is 0 Å². The van der Waals surface area contributed by atoms with Crippen LogP contribution in [-0.2, 0) is 14.8 Å². The fourth-order valence-electron chi connectivity index (χ4n) is 5.92. The van der Waals surface area contributed by atoms with Crippen molar-refractivity contribution in [1.82, 2.24) is 10.0 Å². The Morgan fingerprint density at radius 1 is 1.10 bits per heavy atom. The number of hydrogen-bond donors (Lipinski definition) is 3. The maximum Gasteiger partial charge on any atom is 0.240 e. The monoisotopic (exact) mass is 449 g/mol. The van der Waals surface area contributed by atoms with E-state index < -0.39 is 10.0 Å². The van der Waals surface area contributed by atoms with E-state index in [-0.39, 0.29) is 27.4 Å². The van der Waals surface area contributed by atoms with Gasteiger partial charge >= 0.3 is 0 Å². The Bertz CT molecular complexity index is 892. The summed E-state index contributed by atoms with van der Waals surface area (Å²) in [4.78, 5) is 13.3. The summed E-state index contributed by atoms with van der Waals surface area (Å²) in [6, 6.07) is 6.27. The minimum atomic E-state index is -3.54. The Labute approximate surface area is 184 Å². The number of carbonyl (C=O) groups excluding carboxylic acids is 1. The van der Waals surface area contributed by atoms with Crippen LogP contribution in [0.25, 0.3) is 0 Å². The zero-order valence-corrected chi connectivity index (χ0v) is 19.2. The van der Waals surface area contributed by atoms with E-state index in [2.05, 4.69) is 15.4 Å². The first-order valence-corrected chi connectivity index (χ1v) is 12.8. The van der Waals surface area contributed by atoms with Crippen LogP contribution in [0.15, 0.2) is 29.2 Å². The summed E-state index contributed by atoms with van der Waals surface area (Å²) in [5.41, 5.74) is 0.397. The SMILES string of the molecule is CCC(C)NS(=O)(=O)c1ccc(NC(=S)NC(=O)C23CC4CC(CC(C4)C2)C3)cc1. The lowest BCUT2D eigenvalue weighted by atomic mass is 9.49. The van der Waals surface area contributed by atoms with Gasteiger partial charge in [-0.25, -0.2) is 13.1 Å². The highest BCUT2D eigenvalue weighted by atomic mass is 32.2. The van der Waals surface area contributed by atoms with Crippen molar-refractivity contribution >= 4 is 38.9 Å². The molecule has 0 aromatic heterocycles. The van der Waals surface area contributed by atoms with E-state index >= 15 is 0 Å². The highest BCUT2D eigenvalue weighted by Crippen LogP contribution is 2.60. The average Bonchev–Trinajstić information content (AvgIpc) is 2.66. The predicted molar refractivity (Wildman–Crippen MR) is 121 cm³/mol. The zero-order chi connectivity index (χ0) is 21.5. The lowest BCUT2D eigenvalue weighted by Crippen LogP contribution is -2.55. The van der Waals surface area contributed by atoms with Crippen LogP contribution in [0, 0.1) is 23.2 Å². The maximum atomic E-state index is 13.1. The molecule has 0 radical (unpaired) electrons. The molecule has 1 amide bonds. The lowest BCUT2D eigenvalue weighted by Gasteiger charge is -2.55. The summed E-state index contributed by atoms with van der Waals surface area (Å²) in [5, 5.41) is 6.20. The quantitative estimate of drug-likeness (QED) is 0.575. The standard InChI is InChI=1S/C22H31N3O3S2/c1-3-14(2)25-30(27,28)19-6-4-18(5-7-19)23-21(29)24-20(26)22-11-15-8-16(12-22)10-17(9-15)13-22/h4-7,14-17,25H,3,8-13H2,1-2H3,(H2,23,24,26,29). The average molecular weight is 450 g/mol. The third-order valence-electron chi connectivity index (χ3n) is 7.14. The third-order valence-corrected chi connectivity index (χ3v) is 8.95. The van der Waals surface area contributed by atoms with E-state index in [9.17, 15) is 13.2 Å². The molecule has 0 aliphatic heterocycles. The first-order valence-electron chi connectivity index (χ1n) is 10.9. The van der Waals surface area contributed by atoms with Crippen LogP contribution < -0.4 is 15.4 Å². The molecule has 3 N–H and O–H groups in total. The van der Waals surface area contributed by atoms with Crippen LogP contribution in [-0.4, -0.2) is 25.5 Å². The molecule has 4 saturated carbocycles. The minimum absolute atomic E-state index is 0.0519. The Balaban J connectivity index is 1.36. The van der Waals surface area contributed by atoms with Gasteiger partial charge in [-0.1, -0.05) is 6.92 Å². The van der Waals surface area contributed by atoms with Crippen LogP contribution in [0.3, 0.4) is 0 Å². The molecule has 0 saturated heterocycles. The van der Waals surface area contributed by atoms with E-state index in [1.54, 1.807) is 12.1 Å². The van der Waals surface area contributed by atoms with Gasteiger partial charge in [0.2, 0.25) is 15.9 Å². The van der Waals surface area contributed by atoms with Gasteiger partial charge in [-0.2, -0.15) is 0 Å². The van der Waals surface area contributed by atoms with E-state index in [0.29, 0.717) is 23.4 Å². The smallest absolute Gasteiger partial charge is 0.240 e. The lowest BCUT2D eigenvalue weighted by molar-refractivity contribution is -0.144. The van der Waals surface area contributed by atoms with Gasteiger partial charge in [0.15, 0.2) is 5.11 Å². The number of nitrogens with one attached hydrogen (secondary N) is 3. The number of anilines is 1. The Hall–Kier alpha value is -1.51. The second-order valence-electron chi connectivity index (χ2n) is 9.56. The summed E-state index contributed by atoms with van der Waals surface area (Å²) in [6.45, 7) is 3.76. The van der Waals surface area contributed by atoms with E-state index in [0.717, 1.165) is 25.7 Å². The fraction of sp³-hybridized carbons (Fsp3) is 0.636. The summed E-state index contributed by atoms with van der Waals surface area (Å²) in [7, 11) is -3.54. The number of hydrogen-bond acceptors (Lipinski definition) is 4. The highest BCUT2D eigenvalue weighted by Gasteiger charge is 2.54. The normalized spacial score (nSPS) is 30.7. The zero-order valence-electron chi connectivity index (χ0n) is 17.6. The van der Waals surface area contributed by atoms with Gasteiger partial charge in [-0.15, -0.1) is 0 Å². The molecule has 1 unspecified atom stereocenters. The van der Waals surface area contributed by atoms with Crippen molar-refractivity contribution in [2.45, 2.75) is 69.7 Å². The molecule has 1 atom stereocenters. The minimum Gasteiger partial charge on any atom is -0.332 e. The molecule has 1 aromatic carbocycles. The first-order chi connectivity index (χ1) is 14.2. The first kappa shape index (κ1) is 21.7. The number of amides is 1. The van der Waals surface area contributed by atoms with Gasteiger partial charge in [0.1, 0.15) is 0 Å². The van der Waals surface area contributed by atoms with Crippen molar-refractivity contribution in [1.29, 1.82) is 0 Å². The molecule has 164 valence electrons. The molecule has 8 heteroatoms. The molecule has 4 bridgehead atoms. The molecule has 4 fully saturated rings. The van der Waals surface area contributed by atoms with Gasteiger partial charge in [0.25, 0.3) is 0 Å². The Morgan fingerprint density at radius 2 is 1.63 bits per heavy atom. The third kappa shape index (κ3) is 4.41. The Morgan fingerprint density at radius 3 is 2.13 bits per heavy atom. The van der Waals surface area contributed by atoms with Crippen molar-refractivity contribution in [2.24, 2.45) is 23.2 Å². The number of thiocarbonyl (C=S) groups is 1. The van der Waals surface area contributed by atoms with Crippen molar-refractivity contribution in [3.05, 3.63) is 24.3 Å². The van der Waals surface area contributed by atoms with Gasteiger partial charge < -0.3 is 10.6 Å². The Kier molecular flexibility index (Phi) is 5.94. The molecule has 0 spiro atoms. The van der Waals surface area contributed by atoms with E-state index in [1.165, 1.54) is 31.4 Å². The fourth-order valence-corrected chi connectivity index (χ4v) is 7.46. The van der Waals surface area contributed by atoms with Crippen LogP contribution in [0.5, 0.6) is 0 Å². The molecular formula is C22H31N3O3S2. The van der Waals surface area contributed by atoms with Crippen molar-refractivity contribution in [3.63, 3.8) is 0 Å². The molecule has 1 aromatic rings. The van der Waals surface area contributed by atoms with Gasteiger partial charge in [-0.05, 0) is 106 Å². The van der Waals surface area contributed by atoms with E-state index in [4.69, 9.17) is 12.2 Å². The largest absolute Gasteiger partial charge is 0.332 e. The van der Waals surface area contributed by atoms with Crippen LogP contribution in [0.4, 0.5) is 5.69 Å². The molecular weight excluding hydrogens is 418 g/mol. The van der Waals surface area contributed by atoms with Gasteiger partial charge in [0, 0.05) is 11.7 Å². The second kappa shape index (κ2) is 8.20. The summed E-state index contributed by atoms with van der Waals surface area (Å²) in [5.74, 6) is 2.14.